The highest BCUT2D eigenvalue weighted by molar-refractivity contribution is 5.96. The first-order chi connectivity index (χ1) is 10.5. The van der Waals surface area contributed by atoms with Crippen molar-refractivity contribution in [2.75, 3.05) is 5.32 Å². The third kappa shape index (κ3) is 3.82. The van der Waals surface area contributed by atoms with Crippen molar-refractivity contribution in [2.24, 2.45) is 5.73 Å². The molecule has 2 aromatic rings. The van der Waals surface area contributed by atoms with Gasteiger partial charge in [0.15, 0.2) is 6.10 Å². The van der Waals surface area contributed by atoms with Gasteiger partial charge in [-0.25, -0.2) is 4.39 Å². The molecule has 0 heterocycles. The number of carbonyl (C=O) groups is 2. The summed E-state index contributed by atoms with van der Waals surface area (Å²) in [5.74, 6) is -1.22. The Morgan fingerprint density at radius 3 is 2.41 bits per heavy atom. The lowest BCUT2D eigenvalue weighted by Gasteiger charge is -2.16. The second-order valence-corrected chi connectivity index (χ2v) is 4.62. The lowest BCUT2D eigenvalue weighted by molar-refractivity contribution is -0.122. The Kier molecular flexibility index (Phi) is 4.73. The molecule has 1 atom stereocenters. The number of carbonyl (C=O) groups excluding carboxylic acids is 2. The van der Waals surface area contributed by atoms with Crippen LogP contribution in [-0.2, 0) is 4.79 Å². The summed E-state index contributed by atoms with van der Waals surface area (Å²) in [6, 6.07) is 11.8. The van der Waals surface area contributed by atoms with E-state index in [2.05, 4.69) is 5.32 Å². The highest BCUT2D eigenvalue weighted by Crippen LogP contribution is 2.19. The largest absolute Gasteiger partial charge is 0.480 e. The standard InChI is InChI=1S/C16H15FN2O3/c1-10(16(21)19-12-8-6-11(17)7-9-12)22-14-5-3-2-4-13(14)15(18)20/h2-10H,1H3,(H2,18,20)(H,19,21)/t10-/m1/s1. The molecule has 0 aliphatic rings. The van der Waals surface area contributed by atoms with Gasteiger partial charge in [0.1, 0.15) is 11.6 Å². The number of nitrogens with two attached hydrogens (primary N) is 1. The fraction of sp³-hybridized carbons (Fsp3) is 0.125. The predicted octanol–water partition coefficient (Wildman–Crippen LogP) is 2.33. The lowest BCUT2D eigenvalue weighted by atomic mass is 10.2. The van der Waals surface area contributed by atoms with Crippen molar-refractivity contribution in [3.8, 4) is 5.75 Å². The first-order valence-corrected chi connectivity index (χ1v) is 6.59. The van der Waals surface area contributed by atoms with Gasteiger partial charge in [-0.2, -0.15) is 0 Å². The van der Waals surface area contributed by atoms with Gasteiger partial charge in [0, 0.05) is 5.69 Å². The summed E-state index contributed by atoms with van der Waals surface area (Å²) in [5.41, 5.74) is 5.90. The fourth-order valence-electron chi connectivity index (χ4n) is 1.79. The minimum Gasteiger partial charge on any atom is -0.480 e. The molecule has 114 valence electrons. The van der Waals surface area contributed by atoms with E-state index < -0.39 is 23.7 Å². The van der Waals surface area contributed by atoms with E-state index >= 15 is 0 Å². The van der Waals surface area contributed by atoms with Gasteiger partial charge >= 0.3 is 0 Å². The molecule has 0 unspecified atom stereocenters. The molecule has 2 rings (SSSR count). The van der Waals surface area contributed by atoms with Gasteiger partial charge in [-0.3, -0.25) is 9.59 Å². The monoisotopic (exact) mass is 302 g/mol. The highest BCUT2D eigenvalue weighted by atomic mass is 19.1. The normalized spacial score (nSPS) is 11.5. The number of benzene rings is 2. The van der Waals surface area contributed by atoms with E-state index in [4.69, 9.17) is 10.5 Å². The van der Waals surface area contributed by atoms with E-state index in [1.165, 1.54) is 37.3 Å². The third-order valence-corrected chi connectivity index (χ3v) is 2.94. The number of amides is 2. The third-order valence-electron chi connectivity index (χ3n) is 2.94. The van der Waals surface area contributed by atoms with Crippen molar-refractivity contribution in [3.63, 3.8) is 0 Å². The summed E-state index contributed by atoms with van der Waals surface area (Å²) >= 11 is 0. The molecule has 0 saturated heterocycles. The van der Waals surface area contributed by atoms with Crippen LogP contribution in [-0.4, -0.2) is 17.9 Å². The summed E-state index contributed by atoms with van der Waals surface area (Å²) in [4.78, 5) is 23.3. The molecule has 22 heavy (non-hydrogen) atoms. The van der Waals surface area contributed by atoms with Crippen LogP contribution in [0.2, 0.25) is 0 Å². The van der Waals surface area contributed by atoms with Crippen molar-refractivity contribution in [2.45, 2.75) is 13.0 Å². The van der Waals surface area contributed by atoms with Crippen molar-refractivity contribution in [3.05, 3.63) is 59.9 Å². The maximum Gasteiger partial charge on any atom is 0.265 e. The maximum absolute atomic E-state index is 12.8. The minimum atomic E-state index is -0.856. The van der Waals surface area contributed by atoms with Crippen LogP contribution in [0.15, 0.2) is 48.5 Å². The van der Waals surface area contributed by atoms with Crippen LogP contribution in [0.5, 0.6) is 5.75 Å². The van der Waals surface area contributed by atoms with Gasteiger partial charge in [0.2, 0.25) is 0 Å². The second kappa shape index (κ2) is 6.71. The Bertz CT molecular complexity index is 686. The van der Waals surface area contributed by atoms with Crippen LogP contribution in [0, 0.1) is 5.82 Å². The predicted molar refractivity (Wildman–Crippen MR) is 80.1 cm³/mol. The number of hydrogen-bond donors (Lipinski definition) is 2. The van der Waals surface area contributed by atoms with Crippen molar-refractivity contribution in [1.82, 2.24) is 0 Å². The molecule has 6 heteroatoms. The van der Waals surface area contributed by atoms with Crippen LogP contribution in [0.4, 0.5) is 10.1 Å². The number of rotatable bonds is 5. The number of halogens is 1. The summed E-state index contributed by atoms with van der Waals surface area (Å²) in [5, 5.41) is 2.59. The number of anilines is 1. The summed E-state index contributed by atoms with van der Waals surface area (Å²) in [6.07, 6.45) is -0.856. The average molecular weight is 302 g/mol. The van der Waals surface area contributed by atoms with E-state index in [1.807, 2.05) is 0 Å². The molecule has 0 aliphatic heterocycles. The Morgan fingerprint density at radius 2 is 1.77 bits per heavy atom. The summed E-state index contributed by atoms with van der Waals surface area (Å²) in [6.45, 7) is 1.54. The first-order valence-electron chi connectivity index (χ1n) is 6.59. The van der Waals surface area contributed by atoms with Gasteiger partial charge in [0.25, 0.3) is 11.8 Å². The zero-order valence-electron chi connectivity index (χ0n) is 11.9. The quantitative estimate of drug-likeness (QED) is 0.889. The van der Waals surface area contributed by atoms with Gasteiger partial charge in [0.05, 0.1) is 5.56 Å². The molecule has 2 amide bonds. The molecular weight excluding hydrogens is 287 g/mol. The van der Waals surface area contributed by atoms with Crippen LogP contribution in [0.25, 0.3) is 0 Å². The van der Waals surface area contributed by atoms with Crippen LogP contribution in [0.3, 0.4) is 0 Å². The molecule has 0 aliphatic carbocycles. The fourth-order valence-corrected chi connectivity index (χ4v) is 1.79. The van der Waals surface area contributed by atoms with E-state index in [0.717, 1.165) is 0 Å². The van der Waals surface area contributed by atoms with E-state index in [0.29, 0.717) is 5.69 Å². The highest BCUT2D eigenvalue weighted by Gasteiger charge is 2.18. The first kappa shape index (κ1) is 15.5. The molecule has 0 radical (unpaired) electrons. The van der Waals surface area contributed by atoms with Gasteiger partial charge in [-0.1, -0.05) is 12.1 Å². The molecule has 0 spiro atoms. The Morgan fingerprint density at radius 1 is 1.14 bits per heavy atom. The Hall–Kier alpha value is -2.89. The molecular formula is C16H15FN2O3. The van der Waals surface area contributed by atoms with E-state index in [9.17, 15) is 14.0 Å². The second-order valence-electron chi connectivity index (χ2n) is 4.62. The van der Waals surface area contributed by atoms with Crippen LogP contribution >= 0.6 is 0 Å². The molecule has 0 saturated carbocycles. The van der Waals surface area contributed by atoms with Crippen LogP contribution < -0.4 is 15.8 Å². The Labute approximate surface area is 126 Å². The summed E-state index contributed by atoms with van der Waals surface area (Å²) < 4.78 is 18.3. The zero-order chi connectivity index (χ0) is 16.1. The molecule has 0 aromatic heterocycles. The SMILES string of the molecule is C[C@@H](Oc1ccccc1C(N)=O)C(=O)Nc1ccc(F)cc1. The zero-order valence-corrected chi connectivity index (χ0v) is 11.9. The van der Waals surface area contributed by atoms with E-state index in [1.54, 1.807) is 18.2 Å². The van der Waals surface area contributed by atoms with Gasteiger partial charge in [-0.05, 0) is 43.3 Å². The minimum absolute atomic E-state index is 0.198. The molecule has 0 bridgehead atoms. The molecule has 0 fully saturated rings. The number of primary amides is 1. The summed E-state index contributed by atoms with van der Waals surface area (Å²) in [7, 11) is 0. The maximum atomic E-state index is 12.8. The molecule has 2 aromatic carbocycles. The number of ether oxygens (including phenoxy) is 1. The van der Waals surface area contributed by atoms with Crippen LogP contribution in [0.1, 0.15) is 17.3 Å². The number of para-hydroxylation sites is 1. The number of nitrogens with one attached hydrogen (secondary N) is 1. The average Bonchev–Trinajstić information content (AvgIpc) is 2.49. The lowest BCUT2D eigenvalue weighted by Crippen LogP contribution is -2.30. The van der Waals surface area contributed by atoms with Crippen molar-refractivity contribution >= 4 is 17.5 Å². The Balaban J connectivity index is 2.05. The number of hydrogen-bond acceptors (Lipinski definition) is 3. The molecule has 5 nitrogen and oxygen atoms in total. The van der Waals surface area contributed by atoms with Gasteiger partial charge in [-0.15, -0.1) is 0 Å². The van der Waals surface area contributed by atoms with E-state index in [-0.39, 0.29) is 11.3 Å². The topological polar surface area (TPSA) is 81.4 Å². The smallest absolute Gasteiger partial charge is 0.265 e. The van der Waals surface area contributed by atoms with Crippen molar-refractivity contribution < 1.29 is 18.7 Å². The van der Waals surface area contributed by atoms with Crippen molar-refractivity contribution in [1.29, 1.82) is 0 Å². The van der Waals surface area contributed by atoms with Gasteiger partial charge < -0.3 is 15.8 Å². The molecule has 3 N–H and O–H groups in total.